The summed E-state index contributed by atoms with van der Waals surface area (Å²) in [6, 6.07) is 8.68. The van der Waals surface area contributed by atoms with Crippen LogP contribution in [-0.4, -0.2) is 19.2 Å². The zero-order chi connectivity index (χ0) is 14.9. The summed E-state index contributed by atoms with van der Waals surface area (Å²) in [5.74, 6) is 0. The minimum atomic E-state index is -0.0256. The lowest BCUT2D eigenvalue weighted by molar-refractivity contribution is -0.0354. The number of hydrogen-bond acceptors (Lipinski definition) is 5. The summed E-state index contributed by atoms with van der Waals surface area (Å²) in [4.78, 5) is 1.26. The van der Waals surface area contributed by atoms with Crippen LogP contribution in [0.1, 0.15) is 29.5 Å². The topological polar surface area (TPSA) is 45.3 Å². The smallest absolute Gasteiger partial charge is 0.162 e. The summed E-state index contributed by atoms with van der Waals surface area (Å²) < 4.78 is 6.24. The Bertz CT molecular complexity index is 646. The molecule has 3 heterocycles. The average Bonchev–Trinajstić information content (AvgIpc) is 3.13. The highest BCUT2D eigenvalue weighted by Gasteiger charge is 2.30. The van der Waals surface area contributed by atoms with E-state index in [-0.39, 0.29) is 6.23 Å². The van der Waals surface area contributed by atoms with Crippen LogP contribution in [0.3, 0.4) is 0 Å². The van der Waals surface area contributed by atoms with E-state index in [4.69, 9.17) is 4.74 Å². The number of hydrazine groups is 1. The van der Waals surface area contributed by atoms with Crippen molar-refractivity contribution in [2.45, 2.75) is 32.1 Å². The van der Waals surface area contributed by atoms with E-state index in [1.807, 2.05) is 0 Å². The second-order valence-electron chi connectivity index (χ2n) is 5.99. The molecule has 0 bridgehead atoms. The minimum Gasteiger partial charge on any atom is -0.353 e. The summed E-state index contributed by atoms with van der Waals surface area (Å²) in [6.07, 6.45) is 2.49. The Morgan fingerprint density at radius 2 is 1.91 bits per heavy atom. The van der Waals surface area contributed by atoms with Gasteiger partial charge in [-0.15, -0.1) is 11.3 Å². The number of rotatable bonds is 3. The zero-order valence-electron chi connectivity index (χ0n) is 12.7. The average molecular weight is 315 g/mol. The lowest BCUT2D eigenvalue weighted by atomic mass is 10.1. The fourth-order valence-electron chi connectivity index (χ4n) is 3.06. The molecule has 2 aliphatic rings. The Morgan fingerprint density at radius 1 is 1.14 bits per heavy atom. The van der Waals surface area contributed by atoms with Gasteiger partial charge in [-0.05, 0) is 38.4 Å². The largest absolute Gasteiger partial charge is 0.353 e. The molecule has 4 rings (SSSR count). The first kappa shape index (κ1) is 14.2. The molecule has 5 heteroatoms. The van der Waals surface area contributed by atoms with Gasteiger partial charge in [0.1, 0.15) is 0 Å². The van der Waals surface area contributed by atoms with E-state index in [9.17, 15) is 0 Å². The maximum atomic E-state index is 6.24. The van der Waals surface area contributed by atoms with Crippen LogP contribution in [0.2, 0.25) is 0 Å². The number of hydrogen-bond donors (Lipinski definition) is 3. The van der Waals surface area contributed by atoms with Crippen LogP contribution < -0.4 is 16.2 Å². The van der Waals surface area contributed by atoms with E-state index in [1.165, 1.54) is 27.3 Å². The van der Waals surface area contributed by atoms with Crippen LogP contribution in [-0.2, 0) is 4.74 Å². The number of ether oxygens (including phenoxy) is 1. The lowest BCUT2D eigenvalue weighted by Crippen LogP contribution is -2.35. The van der Waals surface area contributed by atoms with Gasteiger partial charge in [0.25, 0.3) is 0 Å². The van der Waals surface area contributed by atoms with Crippen molar-refractivity contribution in [3.8, 4) is 11.1 Å². The molecule has 1 saturated heterocycles. The van der Waals surface area contributed by atoms with Crippen molar-refractivity contribution in [1.29, 1.82) is 0 Å². The molecule has 0 radical (unpaired) electrons. The van der Waals surface area contributed by atoms with Gasteiger partial charge in [-0.3, -0.25) is 0 Å². The highest BCUT2D eigenvalue weighted by atomic mass is 32.1. The number of anilines is 1. The highest BCUT2D eigenvalue weighted by molar-refractivity contribution is 7.11. The van der Waals surface area contributed by atoms with Crippen LogP contribution in [0.5, 0.6) is 0 Å². The van der Waals surface area contributed by atoms with E-state index in [0.717, 1.165) is 25.9 Å². The fraction of sp³-hybridized carbons (Fsp3) is 0.412. The van der Waals surface area contributed by atoms with Gasteiger partial charge in [0.15, 0.2) is 6.23 Å². The van der Waals surface area contributed by atoms with E-state index < -0.39 is 0 Å². The monoisotopic (exact) mass is 315 g/mol. The van der Waals surface area contributed by atoms with Crippen molar-refractivity contribution >= 4 is 17.0 Å². The quantitative estimate of drug-likeness (QED) is 0.812. The SMILES string of the molecule is Cc1ccc(-c2csc3c2NNC3OC2CCNCC2)cc1. The maximum absolute atomic E-state index is 6.24. The standard InChI is InChI=1S/C17H21N3OS/c1-11-2-4-12(5-3-11)14-10-22-16-15(14)19-20-17(16)21-13-6-8-18-9-7-13/h2-5,10,13,17-20H,6-9H2,1H3. The van der Waals surface area contributed by atoms with E-state index in [2.05, 4.69) is 52.7 Å². The number of aryl methyl sites for hydroxylation is 1. The van der Waals surface area contributed by atoms with E-state index in [0.29, 0.717) is 6.10 Å². The number of benzene rings is 1. The molecule has 1 atom stereocenters. The molecule has 0 saturated carbocycles. The maximum Gasteiger partial charge on any atom is 0.162 e. The van der Waals surface area contributed by atoms with Gasteiger partial charge in [-0.2, -0.15) is 0 Å². The van der Waals surface area contributed by atoms with Gasteiger partial charge in [0.05, 0.1) is 16.7 Å². The normalized spacial score (nSPS) is 21.6. The molecule has 1 aromatic heterocycles. The molecule has 2 aliphatic heterocycles. The van der Waals surface area contributed by atoms with Crippen molar-refractivity contribution < 1.29 is 4.74 Å². The van der Waals surface area contributed by atoms with Gasteiger partial charge in [0, 0.05) is 10.9 Å². The zero-order valence-corrected chi connectivity index (χ0v) is 13.5. The summed E-state index contributed by atoms with van der Waals surface area (Å²) >= 11 is 1.77. The predicted octanol–water partition coefficient (Wildman–Crippen LogP) is 3.42. The molecular weight excluding hydrogens is 294 g/mol. The van der Waals surface area contributed by atoms with Gasteiger partial charge >= 0.3 is 0 Å². The second-order valence-corrected chi connectivity index (χ2v) is 6.90. The third-order valence-corrected chi connectivity index (χ3v) is 5.39. The molecule has 1 aromatic carbocycles. The molecular formula is C17H21N3OS. The molecule has 0 amide bonds. The van der Waals surface area contributed by atoms with E-state index >= 15 is 0 Å². The van der Waals surface area contributed by atoms with Crippen molar-refractivity contribution in [2.24, 2.45) is 0 Å². The molecule has 22 heavy (non-hydrogen) atoms. The van der Waals surface area contributed by atoms with Crippen LogP contribution in [0.25, 0.3) is 11.1 Å². The van der Waals surface area contributed by atoms with Crippen molar-refractivity contribution in [1.82, 2.24) is 10.7 Å². The summed E-state index contributed by atoms with van der Waals surface area (Å²) in [5.41, 5.74) is 11.6. The predicted molar refractivity (Wildman–Crippen MR) is 91.0 cm³/mol. The fourth-order valence-corrected chi connectivity index (χ4v) is 4.08. The Labute approximate surface area is 134 Å². The molecule has 0 aliphatic carbocycles. The molecule has 116 valence electrons. The second kappa shape index (κ2) is 6.01. The summed E-state index contributed by atoms with van der Waals surface area (Å²) in [7, 11) is 0. The van der Waals surface area contributed by atoms with E-state index in [1.54, 1.807) is 11.3 Å². The molecule has 1 fully saturated rings. The number of fused-ring (bicyclic) bond motifs is 1. The van der Waals surface area contributed by atoms with Gasteiger partial charge in [0.2, 0.25) is 0 Å². The highest BCUT2D eigenvalue weighted by Crippen LogP contribution is 2.43. The van der Waals surface area contributed by atoms with Gasteiger partial charge in [-0.1, -0.05) is 29.8 Å². The van der Waals surface area contributed by atoms with Crippen molar-refractivity contribution in [2.75, 3.05) is 18.5 Å². The molecule has 0 spiro atoms. The Balaban J connectivity index is 1.54. The number of nitrogens with one attached hydrogen (secondary N) is 3. The summed E-state index contributed by atoms with van der Waals surface area (Å²) in [5, 5.41) is 5.60. The lowest BCUT2D eigenvalue weighted by Gasteiger charge is -2.25. The van der Waals surface area contributed by atoms with Crippen LogP contribution in [0, 0.1) is 6.92 Å². The number of piperidine rings is 1. The van der Waals surface area contributed by atoms with Gasteiger partial charge in [-0.25, -0.2) is 5.43 Å². The van der Waals surface area contributed by atoms with Crippen LogP contribution in [0.15, 0.2) is 29.6 Å². The first-order valence-electron chi connectivity index (χ1n) is 7.87. The number of thiophene rings is 1. The molecule has 3 N–H and O–H groups in total. The van der Waals surface area contributed by atoms with Crippen molar-refractivity contribution in [3.05, 3.63) is 40.1 Å². The Morgan fingerprint density at radius 3 is 2.68 bits per heavy atom. The third-order valence-electron chi connectivity index (χ3n) is 4.36. The first-order chi connectivity index (χ1) is 10.8. The third kappa shape index (κ3) is 2.65. The summed E-state index contributed by atoms with van der Waals surface area (Å²) in [6.45, 7) is 4.22. The van der Waals surface area contributed by atoms with Crippen LogP contribution in [0.4, 0.5) is 5.69 Å². The molecule has 2 aromatic rings. The molecule has 4 nitrogen and oxygen atoms in total. The minimum absolute atomic E-state index is 0.0256. The van der Waals surface area contributed by atoms with Crippen molar-refractivity contribution in [3.63, 3.8) is 0 Å². The van der Waals surface area contributed by atoms with Crippen LogP contribution >= 0.6 is 11.3 Å². The Hall–Kier alpha value is -1.40. The molecule has 1 unspecified atom stereocenters. The Kier molecular flexibility index (Phi) is 3.88. The first-order valence-corrected chi connectivity index (χ1v) is 8.75. The van der Waals surface area contributed by atoms with Gasteiger partial charge < -0.3 is 15.5 Å².